The number of aryl methyl sites for hydroxylation is 2. The van der Waals surface area contributed by atoms with Crippen molar-refractivity contribution in [2.75, 3.05) is 14.1 Å². The van der Waals surface area contributed by atoms with Crippen molar-refractivity contribution in [3.05, 3.63) is 46.3 Å². The van der Waals surface area contributed by atoms with Crippen LogP contribution in [0.2, 0.25) is 0 Å². The number of rotatable bonds is 1. The highest BCUT2D eigenvalue weighted by Crippen LogP contribution is 2.39. The normalized spacial score (nSPS) is 12.8. The van der Waals surface area contributed by atoms with Crippen LogP contribution in [0.5, 0.6) is 0 Å². The number of thiophene rings is 1. The van der Waals surface area contributed by atoms with Gasteiger partial charge in [0.1, 0.15) is 0 Å². The lowest BCUT2D eigenvalue weighted by atomic mass is 9.91. The van der Waals surface area contributed by atoms with Gasteiger partial charge in [0, 0.05) is 19.0 Å². The molecule has 0 bridgehead atoms. The third kappa shape index (κ3) is 1.75. The van der Waals surface area contributed by atoms with Crippen LogP contribution in [0.25, 0.3) is 10.4 Å². The monoisotopic (exact) mass is 257 g/mol. The fourth-order valence-electron chi connectivity index (χ4n) is 2.40. The molecule has 2 nitrogen and oxygen atoms in total. The summed E-state index contributed by atoms with van der Waals surface area (Å²) in [7, 11) is 3.60. The molecular weight excluding hydrogens is 242 g/mol. The van der Waals surface area contributed by atoms with Gasteiger partial charge in [-0.05, 0) is 35.6 Å². The van der Waals surface area contributed by atoms with Crippen LogP contribution in [-0.4, -0.2) is 24.9 Å². The molecule has 1 amide bonds. The smallest absolute Gasteiger partial charge is 0.263 e. The Bertz CT molecular complexity index is 613. The van der Waals surface area contributed by atoms with Gasteiger partial charge in [0.15, 0.2) is 0 Å². The zero-order chi connectivity index (χ0) is 12.7. The first-order chi connectivity index (χ1) is 8.66. The summed E-state index contributed by atoms with van der Waals surface area (Å²) in [6, 6.07) is 10.6. The summed E-state index contributed by atoms with van der Waals surface area (Å²) in [5.74, 6) is 0.104. The summed E-state index contributed by atoms with van der Waals surface area (Å²) in [5.41, 5.74) is 4.03. The van der Waals surface area contributed by atoms with E-state index in [1.807, 2.05) is 0 Å². The van der Waals surface area contributed by atoms with Crippen LogP contribution in [0.4, 0.5) is 0 Å². The van der Waals surface area contributed by atoms with Crippen LogP contribution in [-0.2, 0) is 12.8 Å². The maximum atomic E-state index is 12.0. The molecule has 3 rings (SSSR count). The highest BCUT2D eigenvalue weighted by molar-refractivity contribution is 7.17. The van der Waals surface area contributed by atoms with E-state index in [0.717, 1.165) is 17.7 Å². The molecule has 0 saturated carbocycles. The Morgan fingerprint density at radius 3 is 2.67 bits per heavy atom. The molecule has 1 aromatic carbocycles. The summed E-state index contributed by atoms with van der Waals surface area (Å²) in [4.78, 5) is 15.8. The predicted molar refractivity (Wildman–Crippen MR) is 75.2 cm³/mol. The van der Waals surface area contributed by atoms with Crippen LogP contribution >= 0.6 is 11.3 Å². The molecule has 1 aliphatic rings. The minimum absolute atomic E-state index is 0.104. The summed E-state index contributed by atoms with van der Waals surface area (Å²) < 4.78 is 0. The van der Waals surface area contributed by atoms with Crippen molar-refractivity contribution in [2.24, 2.45) is 0 Å². The molecule has 0 radical (unpaired) electrons. The van der Waals surface area contributed by atoms with Crippen molar-refractivity contribution in [1.82, 2.24) is 4.90 Å². The predicted octanol–water partition coefficient (Wildman–Crippen LogP) is 3.22. The Hall–Kier alpha value is -1.61. The minimum Gasteiger partial charge on any atom is -0.344 e. The zero-order valence-corrected chi connectivity index (χ0v) is 11.4. The molecule has 1 aromatic heterocycles. The standard InChI is InChI=1S/C15H15NOS/c1-16(2)15(17)13-9-11-8-7-10-5-3-4-6-12(10)14(11)18-13/h3-6,9H,7-8H2,1-2H3. The van der Waals surface area contributed by atoms with E-state index in [-0.39, 0.29) is 5.91 Å². The van der Waals surface area contributed by atoms with Gasteiger partial charge in [-0.15, -0.1) is 11.3 Å². The van der Waals surface area contributed by atoms with Gasteiger partial charge >= 0.3 is 0 Å². The average Bonchev–Trinajstić information content (AvgIpc) is 2.81. The number of fused-ring (bicyclic) bond motifs is 3. The first-order valence-corrected chi connectivity index (χ1v) is 6.91. The van der Waals surface area contributed by atoms with Crippen LogP contribution in [0.15, 0.2) is 30.3 Å². The number of nitrogens with zero attached hydrogens (tertiary/aromatic N) is 1. The molecule has 0 aliphatic heterocycles. The second-order valence-corrected chi connectivity index (χ2v) is 5.87. The number of benzene rings is 1. The fourth-order valence-corrected chi connectivity index (χ4v) is 3.69. The van der Waals surface area contributed by atoms with Crippen molar-refractivity contribution < 1.29 is 4.79 Å². The van der Waals surface area contributed by atoms with Gasteiger partial charge in [-0.2, -0.15) is 0 Å². The molecule has 0 spiro atoms. The van der Waals surface area contributed by atoms with E-state index in [1.165, 1.54) is 21.6 Å². The van der Waals surface area contributed by atoms with Crippen LogP contribution in [0.3, 0.4) is 0 Å². The summed E-state index contributed by atoms with van der Waals surface area (Å²) in [5, 5.41) is 0. The molecular formula is C15H15NOS. The fraction of sp³-hybridized carbons (Fsp3) is 0.267. The molecule has 0 N–H and O–H groups in total. The van der Waals surface area contributed by atoms with E-state index in [1.54, 1.807) is 30.3 Å². The first-order valence-electron chi connectivity index (χ1n) is 6.09. The largest absolute Gasteiger partial charge is 0.344 e. The maximum absolute atomic E-state index is 12.0. The van der Waals surface area contributed by atoms with E-state index in [0.29, 0.717) is 0 Å². The van der Waals surface area contributed by atoms with Gasteiger partial charge in [-0.3, -0.25) is 4.79 Å². The van der Waals surface area contributed by atoms with Crippen molar-refractivity contribution in [3.63, 3.8) is 0 Å². The Labute approximate surface area is 111 Å². The number of carbonyl (C=O) groups excluding carboxylic acids is 1. The lowest BCUT2D eigenvalue weighted by molar-refractivity contribution is 0.0832. The molecule has 92 valence electrons. The Morgan fingerprint density at radius 2 is 1.89 bits per heavy atom. The molecule has 0 saturated heterocycles. The van der Waals surface area contributed by atoms with Crippen molar-refractivity contribution >= 4 is 17.2 Å². The number of hydrogen-bond donors (Lipinski definition) is 0. The van der Waals surface area contributed by atoms with Crippen LogP contribution in [0.1, 0.15) is 20.8 Å². The number of carbonyl (C=O) groups is 1. The lowest BCUT2D eigenvalue weighted by Crippen LogP contribution is -2.20. The quantitative estimate of drug-likeness (QED) is 0.768. The number of amides is 1. The molecule has 1 heterocycles. The third-order valence-corrected chi connectivity index (χ3v) is 4.55. The highest BCUT2D eigenvalue weighted by atomic mass is 32.1. The first kappa shape index (κ1) is 11.5. The SMILES string of the molecule is CN(C)C(=O)c1cc2c(s1)-c1ccccc1CC2. The van der Waals surface area contributed by atoms with E-state index in [2.05, 4.69) is 30.3 Å². The summed E-state index contributed by atoms with van der Waals surface area (Å²) in [6.07, 6.45) is 2.12. The molecule has 0 unspecified atom stereocenters. The molecule has 0 atom stereocenters. The maximum Gasteiger partial charge on any atom is 0.263 e. The summed E-state index contributed by atoms with van der Waals surface area (Å²) in [6.45, 7) is 0. The minimum atomic E-state index is 0.104. The third-order valence-electron chi connectivity index (χ3n) is 3.35. The number of hydrogen-bond acceptors (Lipinski definition) is 2. The molecule has 3 heteroatoms. The van der Waals surface area contributed by atoms with Crippen LogP contribution in [0, 0.1) is 0 Å². The Balaban J connectivity index is 2.10. The van der Waals surface area contributed by atoms with E-state index in [4.69, 9.17) is 0 Å². The lowest BCUT2D eigenvalue weighted by Gasteiger charge is -2.15. The van der Waals surface area contributed by atoms with Gasteiger partial charge in [-0.1, -0.05) is 24.3 Å². The van der Waals surface area contributed by atoms with Gasteiger partial charge in [0.05, 0.1) is 4.88 Å². The van der Waals surface area contributed by atoms with Gasteiger partial charge in [0.2, 0.25) is 0 Å². The van der Waals surface area contributed by atoms with Crippen molar-refractivity contribution in [3.8, 4) is 10.4 Å². The second kappa shape index (κ2) is 4.25. The second-order valence-electron chi connectivity index (χ2n) is 4.82. The van der Waals surface area contributed by atoms with Crippen LogP contribution < -0.4 is 0 Å². The molecule has 18 heavy (non-hydrogen) atoms. The van der Waals surface area contributed by atoms with E-state index < -0.39 is 0 Å². The van der Waals surface area contributed by atoms with Gasteiger partial charge < -0.3 is 4.90 Å². The van der Waals surface area contributed by atoms with Crippen molar-refractivity contribution in [1.29, 1.82) is 0 Å². The van der Waals surface area contributed by atoms with E-state index in [9.17, 15) is 4.79 Å². The topological polar surface area (TPSA) is 20.3 Å². The molecule has 2 aromatic rings. The van der Waals surface area contributed by atoms with E-state index >= 15 is 0 Å². The van der Waals surface area contributed by atoms with Crippen molar-refractivity contribution in [2.45, 2.75) is 12.8 Å². The Kier molecular flexibility index (Phi) is 2.71. The Morgan fingerprint density at radius 1 is 1.17 bits per heavy atom. The highest BCUT2D eigenvalue weighted by Gasteiger charge is 2.21. The zero-order valence-electron chi connectivity index (χ0n) is 10.6. The van der Waals surface area contributed by atoms with Gasteiger partial charge in [-0.25, -0.2) is 0 Å². The summed E-state index contributed by atoms with van der Waals surface area (Å²) >= 11 is 1.62. The van der Waals surface area contributed by atoms with Gasteiger partial charge in [0.25, 0.3) is 5.91 Å². The molecule has 1 aliphatic carbocycles. The molecule has 0 fully saturated rings. The average molecular weight is 257 g/mol.